The topological polar surface area (TPSA) is 138 Å². The Kier molecular flexibility index (Phi) is 3.32. The SMILES string of the molecule is [2H]c1nc2c(c(-c3nc(N)c(N(C)C(=O)OC)c(N)n3)nn2Cc2c([2H])c([2H])c([2H])c([2H])c2F)c([2H])c1[2H]. The van der Waals surface area contributed by atoms with Crippen LogP contribution in [0.25, 0.3) is 22.6 Å². The summed E-state index contributed by atoms with van der Waals surface area (Å²) < 4.78 is 76.2. The van der Waals surface area contributed by atoms with Crippen LogP contribution in [0, 0.1) is 5.82 Å². The first-order valence-electron chi connectivity index (χ1n) is 12.1. The number of hydrogen-bond donors (Lipinski definition) is 2. The number of pyridine rings is 1. The number of anilines is 3. The van der Waals surface area contributed by atoms with Gasteiger partial charge in [-0.15, -0.1) is 0 Å². The maximum Gasteiger partial charge on any atom is 0.413 e. The molecule has 0 aliphatic heterocycles. The summed E-state index contributed by atoms with van der Waals surface area (Å²) in [4.78, 5) is 25.1. The molecule has 4 N–H and O–H groups in total. The molecule has 0 aliphatic rings. The lowest BCUT2D eigenvalue weighted by Crippen LogP contribution is -2.28. The first kappa shape index (κ1) is 13.1. The van der Waals surface area contributed by atoms with Crippen molar-refractivity contribution in [1.29, 1.82) is 0 Å². The Hall–Kier alpha value is -4.28. The van der Waals surface area contributed by atoms with Gasteiger partial charge in [-0.1, -0.05) is 18.1 Å². The van der Waals surface area contributed by atoms with Gasteiger partial charge in [-0.3, -0.25) is 4.90 Å². The van der Waals surface area contributed by atoms with Crippen LogP contribution in [0.3, 0.4) is 0 Å². The van der Waals surface area contributed by atoms with Gasteiger partial charge in [0.2, 0.25) is 0 Å². The summed E-state index contributed by atoms with van der Waals surface area (Å²) in [5.41, 5.74) is 11.2. The number of nitrogen functional groups attached to an aromatic ring is 2. The Bertz CT molecular complexity index is 1600. The largest absolute Gasteiger partial charge is 0.452 e. The molecular formula is C20H19FN8O2. The van der Waals surface area contributed by atoms with Gasteiger partial charge in [-0.25, -0.2) is 28.8 Å². The number of carbonyl (C=O) groups excluding carboxylic acids is 1. The van der Waals surface area contributed by atoms with Crippen LogP contribution >= 0.6 is 0 Å². The number of amides is 1. The number of nitrogens with zero attached hydrogens (tertiary/aromatic N) is 6. The number of fused-ring (bicyclic) bond motifs is 1. The maximum atomic E-state index is 14.9. The molecule has 0 unspecified atom stereocenters. The summed E-state index contributed by atoms with van der Waals surface area (Å²) in [5.74, 6) is -1.97. The smallest absolute Gasteiger partial charge is 0.413 e. The van der Waals surface area contributed by atoms with Gasteiger partial charge < -0.3 is 16.2 Å². The van der Waals surface area contributed by atoms with E-state index in [2.05, 4.69) is 24.8 Å². The van der Waals surface area contributed by atoms with Crippen LogP contribution in [-0.2, 0) is 11.3 Å². The third-order valence-electron chi connectivity index (χ3n) is 4.29. The van der Waals surface area contributed by atoms with E-state index in [1.54, 1.807) is 0 Å². The van der Waals surface area contributed by atoms with Crippen LogP contribution in [0.15, 0.2) is 42.4 Å². The summed E-state index contributed by atoms with van der Waals surface area (Å²) in [6.07, 6.45) is -1.39. The van der Waals surface area contributed by atoms with Crippen LogP contribution in [0.2, 0.25) is 0 Å². The van der Waals surface area contributed by atoms with Crippen molar-refractivity contribution in [2.24, 2.45) is 0 Å². The predicted octanol–water partition coefficient (Wildman–Crippen LogP) is 2.44. The van der Waals surface area contributed by atoms with Crippen LogP contribution in [-0.4, -0.2) is 45.0 Å². The molecule has 0 saturated carbocycles. The highest BCUT2D eigenvalue weighted by Crippen LogP contribution is 2.32. The molecular weight excluding hydrogens is 403 g/mol. The second kappa shape index (κ2) is 7.86. The standard InChI is InChI=1S/C20H19FN8O2/c1-28(20(30)31-2)15-16(22)25-18(26-17(15)23)14-12-7-5-9-24-19(12)29(27-14)10-11-6-3-4-8-13(11)21/h3-9H,10H2,1-2H3,(H4,22,23,25,26)/i3D,4D,5D,6D,7D,8D,9D. The van der Waals surface area contributed by atoms with E-state index in [1.807, 2.05) is 0 Å². The fraction of sp³-hybridized carbons (Fsp3) is 0.150. The van der Waals surface area contributed by atoms with Crippen molar-refractivity contribution in [2.45, 2.75) is 6.54 Å². The summed E-state index contributed by atoms with van der Waals surface area (Å²) in [6, 6.07) is -3.97. The molecule has 1 amide bonds. The molecule has 4 rings (SSSR count). The minimum absolute atomic E-state index is 0.0643. The molecule has 0 spiro atoms. The van der Waals surface area contributed by atoms with Gasteiger partial charge in [0, 0.05) is 18.8 Å². The van der Waals surface area contributed by atoms with E-state index in [4.69, 9.17) is 21.1 Å². The number of halogens is 1. The number of methoxy groups -OCH3 is 1. The molecule has 0 bridgehead atoms. The van der Waals surface area contributed by atoms with E-state index in [0.29, 0.717) is 0 Å². The van der Waals surface area contributed by atoms with Crippen molar-refractivity contribution in [1.82, 2.24) is 24.7 Å². The maximum absolute atomic E-state index is 14.9. The van der Waals surface area contributed by atoms with Gasteiger partial charge in [0.1, 0.15) is 17.2 Å². The zero-order valence-corrected chi connectivity index (χ0v) is 16.2. The molecule has 0 aliphatic carbocycles. The molecule has 3 aromatic heterocycles. The average Bonchev–Trinajstić information content (AvgIpc) is 3.24. The lowest BCUT2D eigenvalue weighted by Gasteiger charge is -2.18. The highest BCUT2D eigenvalue weighted by Gasteiger charge is 2.23. The zero-order valence-electron chi connectivity index (χ0n) is 23.2. The monoisotopic (exact) mass is 429 g/mol. The quantitative estimate of drug-likeness (QED) is 0.504. The highest BCUT2D eigenvalue weighted by atomic mass is 19.1. The Labute approximate surface area is 186 Å². The van der Waals surface area contributed by atoms with Crippen molar-refractivity contribution in [2.75, 3.05) is 30.5 Å². The van der Waals surface area contributed by atoms with Crippen molar-refractivity contribution in [3.63, 3.8) is 0 Å². The lowest BCUT2D eigenvalue weighted by molar-refractivity contribution is 0.180. The van der Waals surface area contributed by atoms with E-state index < -0.39 is 66.4 Å². The predicted molar refractivity (Wildman–Crippen MR) is 114 cm³/mol. The third-order valence-corrected chi connectivity index (χ3v) is 4.29. The van der Waals surface area contributed by atoms with E-state index >= 15 is 0 Å². The normalized spacial score (nSPS) is 14.1. The Morgan fingerprint density at radius 1 is 1.23 bits per heavy atom. The van der Waals surface area contributed by atoms with Gasteiger partial charge >= 0.3 is 6.09 Å². The van der Waals surface area contributed by atoms with Gasteiger partial charge in [0.05, 0.1) is 28.6 Å². The van der Waals surface area contributed by atoms with Crippen LogP contribution in [0.1, 0.15) is 15.2 Å². The number of aromatic nitrogens is 5. The zero-order chi connectivity index (χ0) is 28.2. The molecule has 4 aromatic rings. The summed E-state index contributed by atoms with van der Waals surface area (Å²) in [7, 11) is 2.47. The second-order valence-electron chi connectivity index (χ2n) is 6.17. The molecule has 10 nitrogen and oxygen atoms in total. The first-order chi connectivity index (χ1) is 17.8. The van der Waals surface area contributed by atoms with Gasteiger partial charge in [-0.05, 0) is 18.1 Å². The number of carbonyl (C=O) groups is 1. The van der Waals surface area contributed by atoms with Gasteiger partial charge in [0.15, 0.2) is 23.1 Å². The molecule has 0 saturated heterocycles. The molecule has 3 heterocycles. The number of benzene rings is 1. The highest BCUT2D eigenvalue weighted by molar-refractivity contribution is 5.96. The van der Waals surface area contributed by atoms with E-state index in [0.717, 1.165) is 16.7 Å². The summed E-state index contributed by atoms with van der Waals surface area (Å²) in [6.45, 7) is -0.573. The van der Waals surface area contributed by atoms with Gasteiger partial charge in [-0.2, -0.15) is 5.10 Å². The number of hydrogen-bond acceptors (Lipinski definition) is 8. The van der Waals surface area contributed by atoms with E-state index in [-0.39, 0.29) is 39.9 Å². The Morgan fingerprint density at radius 3 is 2.65 bits per heavy atom. The summed E-state index contributed by atoms with van der Waals surface area (Å²) in [5, 5.41) is 4.17. The molecule has 31 heavy (non-hydrogen) atoms. The third kappa shape index (κ3) is 3.56. The van der Waals surface area contributed by atoms with Crippen LogP contribution in [0.4, 0.5) is 26.5 Å². The Morgan fingerprint density at radius 2 is 1.94 bits per heavy atom. The minimum Gasteiger partial charge on any atom is -0.452 e. The lowest BCUT2D eigenvalue weighted by atomic mass is 10.2. The minimum atomic E-state index is -1.21. The van der Waals surface area contributed by atoms with E-state index in [9.17, 15) is 9.18 Å². The summed E-state index contributed by atoms with van der Waals surface area (Å²) >= 11 is 0. The van der Waals surface area contributed by atoms with Crippen LogP contribution < -0.4 is 16.4 Å². The number of rotatable bonds is 4. The molecule has 0 radical (unpaired) electrons. The van der Waals surface area contributed by atoms with Crippen molar-refractivity contribution in [3.8, 4) is 11.5 Å². The van der Waals surface area contributed by atoms with E-state index in [1.165, 1.54) is 7.05 Å². The number of nitrogens with two attached hydrogens (primary N) is 2. The molecule has 0 fully saturated rings. The second-order valence-corrected chi connectivity index (χ2v) is 6.17. The molecule has 0 atom stereocenters. The fourth-order valence-corrected chi connectivity index (χ4v) is 2.87. The Balaban J connectivity index is 1.98. The van der Waals surface area contributed by atoms with Crippen LogP contribution in [0.5, 0.6) is 0 Å². The first-order valence-corrected chi connectivity index (χ1v) is 8.64. The van der Waals surface area contributed by atoms with Crippen molar-refractivity contribution >= 4 is 34.4 Å². The number of ether oxygens (including phenoxy) is 1. The fourth-order valence-electron chi connectivity index (χ4n) is 2.87. The molecule has 1 aromatic carbocycles. The van der Waals surface area contributed by atoms with Crippen molar-refractivity contribution < 1.29 is 23.5 Å². The van der Waals surface area contributed by atoms with Gasteiger partial charge in [0.25, 0.3) is 0 Å². The van der Waals surface area contributed by atoms with Crippen molar-refractivity contribution in [3.05, 3.63) is 53.8 Å². The average molecular weight is 429 g/mol. The molecule has 11 heteroatoms. The molecule has 158 valence electrons.